The highest BCUT2D eigenvalue weighted by Crippen LogP contribution is 2.21. The van der Waals surface area contributed by atoms with Gasteiger partial charge in [0.25, 0.3) is 0 Å². The molecule has 1 aromatic carbocycles. The van der Waals surface area contributed by atoms with Crippen molar-refractivity contribution in [3.05, 3.63) is 39.8 Å². The summed E-state index contributed by atoms with van der Waals surface area (Å²) in [5.74, 6) is 1.57. The summed E-state index contributed by atoms with van der Waals surface area (Å²) < 4.78 is 10.7. The Labute approximate surface area is 110 Å². The summed E-state index contributed by atoms with van der Waals surface area (Å²) in [4.78, 5) is 5.23. The third-order valence-electron chi connectivity index (χ3n) is 2.50. The minimum absolute atomic E-state index is 0.0338. The number of benzene rings is 1. The van der Waals surface area contributed by atoms with Crippen LogP contribution in [0, 0.1) is 6.92 Å². The number of nitrogens with zero attached hydrogens (tertiary/aromatic N) is 1. The average Bonchev–Trinajstić information content (AvgIpc) is 2.77. The highest BCUT2D eigenvalue weighted by Gasteiger charge is 2.07. The third-order valence-corrected chi connectivity index (χ3v) is 3.62. The van der Waals surface area contributed by atoms with Crippen molar-refractivity contribution in [1.82, 2.24) is 4.98 Å². The van der Waals surface area contributed by atoms with Crippen LogP contribution in [0.15, 0.2) is 24.3 Å². The topological polar surface area (TPSA) is 51.6 Å². The molecule has 0 radical (unpaired) electrons. The molecule has 0 fully saturated rings. The van der Waals surface area contributed by atoms with E-state index in [4.69, 9.17) is 14.6 Å². The van der Waals surface area contributed by atoms with Gasteiger partial charge in [-0.15, -0.1) is 11.3 Å². The highest BCUT2D eigenvalue weighted by molar-refractivity contribution is 7.11. The molecule has 96 valence electrons. The molecule has 4 nitrogen and oxygen atoms in total. The smallest absolute Gasteiger partial charge is 0.140 e. The number of aliphatic hydroxyl groups excluding tert-OH is 1. The van der Waals surface area contributed by atoms with Gasteiger partial charge in [0.1, 0.15) is 23.1 Å². The molecule has 0 saturated carbocycles. The van der Waals surface area contributed by atoms with Crippen molar-refractivity contribution >= 4 is 11.3 Å². The summed E-state index contributed by atoms with van der Waals surface area (Å²) in [6.07, 6.45) is 0. The number of aryl methyl sites for hydroxylation is 1. The van der Waals surface area contributed by atoms with Gasteiger partial charge in [-0.3, -0.25) is 0 Å². The molecule has 0 aliphatic heterocycles. The lowest BCUT2D eigenvalue weighted by Gasteiger charge is -2.04. The van der Waals surface area contributed by atoms with Crippen LogP contribution < -0.4 is 9.47 Å². The van der Waals surface area contributed by atoms with Crippen LogP contribution in [0.25, 0.3) is 0 Å². The Kier molecular flexibility index (Phi) is 4.17. The fourth-order valence-electron chi connectivity index (χ4n) is 1.51. The number of methoxy groups -OCH3 is 1. The van der Waals surface area contributed by atoms with Gasteiger partial charge in [-0.25, -0.2) is 4.98 Å². The predicted octanol–water partition coefficient (Wildman–Crippen LogP) is 2.53. The maximum Gasteiger partial charge on any atom is 0.140 e. The van der Waals surface area contributed by atoms with Crippen molar-refractivity contribution < 1.29 is 14.6 Å². The monoisotopic (exact) mass is 265 g/mol. The molecule has 0 aliphatic rings. The molecule has 2 aromatic rings. The van der Waals surface area contributed by atoms with E-state index in [0.29, 0.717) is 6.61 Å². The van der Waals surface area contributed by atoms with Crippen LogP contribution in [0.2, 0.25) is 0 Å². The van der Waals surface area contributed by atoms with E-state index in [9.17, 15) is 0 Å². The van der Waals surface area contributed by atoms with Crippen LogP contribution >= 0.6 is 11.3 Å². The average molecular weight is 265 g/mol. The van der Waals surface area contributed by atoms with Crippen LogP contribution in [0.3, 0.4) is 0 Å². The first-order valence-electron chi connectivity index (χ1n) is 5.56. The zero-order valence-electron chi connectivity index (χ0n) is 10.3. The Morgan fingerprint density at radius 1 is 1.22 bits per heavy atom. The lowest BCUT2D eigenvalue weighted by atomic mass is 10.3. The van der Waals surface area contributed by atoms with Gasteiger partial charge in [0.05, 0.1) is 24.3 Å². The fourth-order valence-corrected chi connectivity index (χ4v) is 2.36. The van der Waals surface area contributed by atoms with E-state index in [2.05, 4.69) is 4.98 Å². The molecule has 0 bridgehead atoms. The van der Waals surface area contributed by atoms with Crippen molar-refractivity contribution in [2.45, 2.75) is 20.1 Å². The largest absolute Gasteiger partial charge is 0.497 e. The van der Waals surface area contributed by atoms with E-state index in [1.54, 1.807) is 7.11 Å². The molecule has 5 heteroatoms. The highest BCUT2D eigenvalue weighted by atomic mass is 32.1. The lowest BCUT2D eigenvalue weighted by Crippen LogP contribution is -1.94. The van der Waals surface area contributed by atoms with Crippen molar-refractivity contribution in [2.24, 2.45) is 0 Å². The fraction of sp³-hybridized carbons (Fsp3) is 0.308. The minimum atomic E-state index is 0.0338. The van der Waals surface area contributed by atoms with Crippen LogP contribution in [0.5, 0.6) is 11.5 Å². The van der Waals surface area contributed by atoms with Crippen LogP contribution in [-0.4, -0.2) is 17.2 Å². The first-order valence-corrected chi connectivity index (χ1v) is 6.37. The zero-order valence-corrected chi connectivity index (χ0v) is 11.2. The molecular formula is C13H15NO3S. The van der Waals surface area contributed by atoms with Crippen molar-refractivity contribution in [2.75, 3.05) is 7.11 Å². The van der Waals surface area contributed by atoms with E-state index in [-0.39, 0.29) is 6.61 Å². The third kappa shape index (κ3) is 3.00. The summed E-state index contributed by atoms with van der Waals surface area (Å²) in [6, 6.07) is 7.40. The first-order chi connectivity index (χ1) is 8.72. The lowest BCUT2D eigenvalue weighted by molar-refractivity contribution is 0.284. The van der Waals surface area contributed by atoms with Crippen LogP contribution in [0.4, 0.5) is 0 Å². The van der Waals surface area contributed by atoms with Gasteiger partial charge in [-0.1, -0.05) is 0 Å². The molecule has 18 heavy (non-hydrogen) atoms. The molecule has 1 N–H and O–H groups in total. The SMILES string of the molecule is COc1ccc(OCc2nc(C)c(CO)s2)cc1. The maximum absolute atomic E-state index is 9.09. The second kappa shape index (κ2) is 5.84. The minimum Gasteiger partial charge on any atom is -0.497 e. The second-order valence-corrected chi connectivity index (χ2v) is 4.91. The number of hydrogen-bond acceptors (Lipinski definition) is 5. The summed E-state index contributed by atoms with van der Waals surface area (Å²) >= 11 is 1.48. The number of ether oxygens (including phenoxy) is 2. The Morgan fingerprint density at radius 3 is 2.44 bits per heavy atom. The van der Waals surface area contributed by atoms with Crippen molar-refractivity contribution in [3.63, 3.8) is 0 Å². The predicted molar refractivity (Wildman–Crippen MR) is 70.1 cm³/mol. The molecule has 0 saturated heterocycles. The molecule has 2 rings (SSSR count). The van der Waals surface area contributed by atoms with E-state index >= 15 is 0 Å². The number of thiazole rings is 1. The van der Waals surface area contributed by atoms with Gasteiger partial charge in [-0.05, 0) is 31.2 Å². The Morgan fingerprint density at radius 2 is 1.89 bits per heavy atom. The van der Waals surface area contributed by atoms with Crippen molar-refractivity contribution in [1.29, 1.82) is 0 Å². The molecular weight excluding hydrogens is 250 g/mol. The van der Waals surface area contributed by atoms with Crippen molar-refractivity contribution in [3.8, 4) is 11.5 Å². The molecule has 0 unspecified atom stereocenters. The molecule has 0 spiro atoms. The summed E-state index contributed by atoms with van der Waals surface area (Å²) in [5, 5.41) is 9.96. The molecule has 0 aliphatic carbocycles. The molecule has 1 aromatic heterocycles. The van der Waals surface area contributed by atoms with Gasteiger partial charge >= 0.3 is 0 Å². The number of aromatic nitrogens is 1. The Bertz CT molecular complexity index is 507. The number of aliphatic hydroxyl groups is 1. The van der Waals surface area contributed by atoms with E-state index in [0.717, 1.165) is 27.1 Å². The maximum atomic E-state index is 9.09. The molecule has 1 heterocycles. The number of rotatable bonds is 5. The number of hydrogen-bond donors (Lipinski definition) is 1. The molecule has 0 amide bonds. The van der Waals surface area contributed by atoms with Gasteiger partial charge < -0.3 is 14.6 Å². The van der Waals surface area contributed by atoms with Crippen LogP contribution in [-0.2, 0) is 13.2 Å². The van der Waals surface area contributed by atoms with Gasteiger partial charge in [0.15, 0.2) is 0 Å². The standard InChI is InChI=1S/C13H15NO3S/c1-9-12(7-15)18-13(14-9)8-17-11-5-3-10(16-2)4-6-11/h3-6,15H,7-8H2,1-2H3. The van der Waals surface area contributed by atoms with Gasteiger partial charge in [0, 0.05) is 0 Å². The second-order valence-electron chi connectivity index (χ2n) is 3.74. The van der Waals surface area contributed by atoms with Gasteiger partial charge in [0.2, 0.25) is 0 Å². The summed E-state index contributed by atoms with van der Waals surface area (Å²) in [6.45, 7) is 2.34. The normalized spacial score (nSPS) is 10.4. The Hall–Kier alpha value is -1.59. The van der Waals surface area contributed by atoms with Gasteiger partial charge in [-0.2, -0.15) is 0 Å². The zero-order chi connectivity index (χ0) is 13.0. The van der Waals surface area contributed by atoms with E-state index < -0.39 is 0 Å². The quantitative estimate of drug-likeness (QED) is 0.902. The van der Waals surface area contributed by atoms with E-state index in [1.165, 1.54) is 11.3 Å². The first kappa shape index (κ1) is 12.9. The van der Waals surface area contributed by atoms with Crippen LogP contribution in [0.1, 0.15) is 15.6 Å². The Balaban J connectivity index is 1.97. The summed E-state index contributed by atoms with van der Waals surface area (Å²) in [5.41, 5.74) is 0.871. The van der Waals surface area contributed by atoms with E-state index in [1.807, 2.05) is 31.2 Å². The summed E-state index contributed by atoms with van der Waals surface area (Å²) in [7, 11) is 1.63. The molecule has 0 atom stereocenters.